The van der Waals surface area contributed by atoms with E-state index in [0.717, 1.165) is 16.8 Å². The van der Waals surface area contributed by atoms with Gasteiger partial charge in [-0.1, -0.05) is 0 Å². The number of nitrogens with one attached hydrogen (secondary N) is 1. The largest absolute Gasteiger partial charge is 0.497 e. The third kappa shape index (κ3) is 3.08. The lowest BCUT2D eigenvalue weighted by molar-refractivity contribution is 0.00814. The molecular formula is C16H22FN3O2. The molecule has 0 aliphatic carbocycles. The molecule has 0 spiro atoms. The van der Waals surface area contributed by atoms with E-state index in [1.807, 2.05) is 18.2 Å². The van der Waals surface area contributed by atoms with Gasteiger partial charge in [0.1, 0.15) is 30.5 Å². The number of aromatic amines is 1. The summed E-state index contributed by atoms with van der Waals surface area (Å²) in [4.78, 5) is 9.74. The Labute approximate surface area is 129 Å². The van der Waals surface area contributed by atoms with Crippen LogP contribution in [-0.4, -0.2) is 53.4 Å². The number of hydrogen-bond donors (Lipinski definition) is 1. The fourth-order valence-corrected chi connectivity index (χ4v) is 2.76. The minimum atomic E-state index is -0.938. The van der Waals surface area contributed by atoms with Crippen molar-refractivity contribution in [1.29, 1.82) is 0 Å². The molecule has 120 valence electrons. The highest BCUT2D eigenvalue weighted by Gasteiger charge is 2.34. The van der Waals surface area contributed by atoms with E-state index in [2.05, 4.69) is 28.7 Å². The molecule has 2 heterocycles. The quantitative estimate of drug-likeness (QED) is 0.922. The highest BCUT2D eigenvalue weighted by atomic mass is 19.1. The molecule has 1 aromatic carbocycles. The molecule has 0 unspecified atom stereocenters. The van der Waals surface area contributed by atoms with Gasteiger partial charge in [0.2, 0.25) is 0 Å². The van der Waals surface area contributed by atoms with Gasteiger partial charge in [-0.25, -0.2) is 9.37 Å². The van der Waals surface area contributed by atoms with Crippen LogP contribution in [0.25, 0.3) is 11.0 Å². The van der Waals surface area contributed by atoms with Gasteiger partial charge in [0.25, 0.3) is 0 Å². The van der Waals surface area contributed by atoms with Crippen LogP contribution in [-0.2, 0) is 11.3 Å². The number of H-pyrrole nitrogens is 1. The van der Waals surface area contributed by atoms with Crippen molar-refractivity contribution in [2.75, 3.05) is 20.2 Å². The minimum absolute atomic E-state index is 0.286. The third-order valence-corrected chi connectivity index (χ3v) is 4.13. The van der Waals surface area contributed by atoms with Gasteiger partial charge in [0, 0.05) is 25.2 Å². The lowest BCUT2D eigenvalue weighted by Crippen LogP contribution is -2.29. The normalized spacial score (nSPS) is 22.8. The van der Waals surface area contributed by atoms with Crippen LogP contribution in [0.15, 0.2) is 18.2 Å². The van der Waals surface area contributed by atoms with Crippen LogP contribution < -0.4 is 4.74 Å². The summed E-state index contributed by atoms with van der Waals surface area (Å²) in [6.45, 7) is 5.50. The highest BCUT2D eigenvalue weighted by molar-refractivity contribution is 5.76. The van der Waals surface area contributed by atoms with Gasteiger partial charge in [-0.3, -0.25) is 4.90 Å². The maximum Gasteiger partial charge on any atom is 0.140 e. The van der Waals surface area contributed by atoms with E-state index in [1.165, 1.54) is 0 Å². The van der Waals surface area contributed by atoms with E-state index >= 15 is 0 Å². The van der Waals surface area contributed by atoms with Crippen LogP contribution in [0.4, 0.5) is 4.39 Å². The first-order chi connectivity index (χ1) is 10.6. The molecule has 1 aliphatic rings. The zero-order valence-corrected chi connectivity index (χ0v) is 13.2. The van der Waals surface area contributed by atoms with Gasteiger partial charge < -0.3 is 14.5 Å². The van der Waals surface area contributed by atoms with Gasteiger partial charge in [0.15, 0.2) is 0 Å². The van der Waals surface area contributed by atoms with Crippen LogP contribution in [0.2, 0.25) is 0 Å². The average Bonchev–Trinajstić information content (AvgIpc) is 3.07. The van der Waals surface area contributed by atoms with Crippen molar-refractivity contribution in [2.24, 2.45) is 0 Å². The molecule has 1 saturated heterocycles. The number of rotatable bonds is 5. The van der Waals surface area contributed by atoms with Gasteiger partial charge in [-0.05, 0) is 26.0 Å². The van der Waals surface area contributed by atoms with Crippen LogP contribution in [0.1, 0.15) is 19.7 Å². The number of fused-ring (bicyclic) bond motifs is 1. The maximum absolute atomic E-state index is 14.0. The first kappa shape index (κ1) is 15.2. The van der Waals surface area contributed by atoms with Crippen molar-refractivity contribution < 1.29 is 13.9 Å². The Bertz CT molecular complexity index is 643. The molecule has 1 fully saturated rings. The lowest BCUT2D eigenvalue weighted by atomic mass is 10.3. The maximum atomic E-state index is 14.0. The summed E-state index contributed by atoms with van der Waals surface area (Å²) in [6.07, 6.45) is -1.32. The smallest absolute Gasteiger partial charge is 0.140 e. The van der Waals surface area contributed by atoms with Crippen molar-refractivity contribution >= 4 is 11.0 Å². The first-order valence-electron chi connectivity index (χ1n) is 7.59. The zero-order valence-electron chi connectivity index (χ0n) is 13.2. The Morgan fingerprint density at radius 2 is 2.23 bits per heavy atom. The number of methoxy groups -OCH3 is 1. The van der Waals surface area contributed by atoms with E-state index in [-0.39, 0.29) is 12.7 Å². The number of hydrogen-bond acceptors (Lipinski definition) is 4. The van der Waals surface area contributed by atoms with Crippen LogP contribution in [0, 0.1) is 0 Å². The summed E-state index contributed by atoms with van der Waals surface area (Å²) in [6, 6.07) is 5.98. The summed E-state index contributed by atoms with van der Waals surface area (Å²) in [7, 11) is 1.63. The Morgan fingerprint density at radius 3 is 2.91 bits per heavy atom. The molecule has 0 radical (unpaired) electrons. The molecule has 2 aromatic rings. The standard InChI is InChI=1S/C16H22FN3O2/c1-10(2)20-7-12(17)15(8-20)22-9-16-18-13-5-4-11(21-3)6-14(13)19-16/h4-6,10,12,15H,7-9H2,1-3H3,(H,18,19)/t12-,15+/m1/s1. The van der Waals surface area contributed by atoms with E-state index in [9.17, 15) is 4.39 Å². The molecule has 6 heteroatoms. The number of nitrogens with zero attached hydrogens (tertiary/aromatic N) is 2. The van der Waals surface area contributed by atoms with Crippen LogP contribution >= 0.6 is 0 Å². The Balaban J connectivity index is 1.64. The number of imidazole rings is 1. The van der Waals surface area contributed by atoms with Crippen LogP contribution in [0.3, 0.4) is 0 Å². The van der Waals surface area contributed by atoms with Gasteiger partial charge in [-0.15, -0.1) is 0 Å². The fourth-order valence-electron chi connectivity index (χ4n) is 2.76. The third-order valence-electron chi connectivity index (χ3n) is 4.13. The zero-order chi connectivity index (χ0) is 15.7. The average molecular weight is 307 g/mol. The van der Waals surface area contributed by atoms with Gasteiger partial charge >= 0.3 is 0 Å². The summed E-state index contributed by atoms with van der Waals surface area (Å²) >= 11 is 0. The van der Waals surface area contributed by atoms with Crippen LogP contribution in [0.5, 0.6) is 5.75 Å². The number of ether oxygens (including phenoxy) is 2. The molecule has 5 nitrogen and oxygen atoms in total. The molecular weight excluding hydrogens is 285 g/mol. The van der Waals surface area contributed by atoms with Crippen molar-refractivity contribution in [3.05, 3.63) is 24.0 Å². The van der Waals surface area contributed by atoms with Gasteiger partial charge in [0.05, 0.1) is 18.1 Å². The second-order valence-electron chi connectivity index (χ2n) is 5.98. The first-order valence-corrected chi connectivity index (χ1v) is 7.59. The molecule has 1 aromatic heterocycles. The molecule has 3 rings (SSSR count). The van der Waals surface area contributed by atoms with Crippen molar-refractivity contribution in [3.63, 3.8) is 0 Å². The Morgan fingerprint density at radius 1 is 1.41 bits per heavy atom. The predicted molar refractivity (Wildman–Crippen MR) is 82.8 cm³/mol. The molecule has 1 aliphatic heterocycles. The molecule has 22 heavy (non-hydrogen) atoms. The topological polar surface area (TPSA) is 50.4 Å². The monoisotopic (exact) mass is 307 g/mol. The van der Waals surface area contributed by atoms with Crippen molar-refractivity contribution in [1.82, 2.24) is 14.9 Å². The number of halogens is 1. The van der Waals surface area contributed by atoms with Crippen molar-refractivity contribution in [3.8, 4) is 5.75 Å². The van der Waals surface area contributed by atoms with E-state index < -0.39 is 6.17 Å². The number of benzene rings is 1. The molecule has 0 saturated carbocycles. The van der Waals surface area contributed by atoms with Gasteiger partial charge in [-0.2, -0.15) is 0 Å². The molecule has 1 N–H and O–H groups in total. The molecule has 2 atom stereocenters. The summed E-state index contributed by atoms with van der Waals surface area (Å²) in [5, 5.41) is 0. The van der Waals surface area contributed by atoms with E-state index in [4.69, 9.17) is 9.47 Å². The Hall–Kier alpha value is -1.66. The summed E-state index contributed by atoms with van der Waals surface area (Å²) in [5.41, 5.74) is 1.75. The Kier molecular flexibility index (Phi) is 4.31. The van der Waals surface area contributed by atoms with E-state index in [0.29, 0.717) is 25.0 Å². The predicted octanol–water partition coefficient (Wildman–Crippen LogP) is 2.52. The minimum Gasteiger partial charge on any atom is -0.497 e. The number of aromatic nitrogens is 2. The lowest BCUT2D eigenvalue weighted by Gasteiger charge is -2.19. The second-order valence-corrected chi connectivity index (χ2v) is 5.98. The summed E-state index contributed by atoms with van der Waals surface area (Å²) < 4.78 is 24.9. The molecule has 0 amide bonds. The number of likely N-dealkylation sites (tertiary alicyclic amines) is 1. The second kappa shape index (κ2) is 6.22. The number of alkyl halides is 1. The molecule has 0 bridgehead atoms. The van der Waals surface area contributed by atoms with E-state index in [1.54, 1.807) is 7.11 Å². The SMILES string of the molecule is COc1ccc2nc(CO[C@H]3CN(C(C)C)C[C@H]3F)[nH]c2c1. The van der Waals surface area contributed by atoms with Crippen molar-refractivity contribution in [2.45, 2.75) is 38.8 Å². The summed E-state index contributed by atoms with van der Waals surface area (Å²) in [5.74, 6) is 1.48. The highest BCUT2D eigenvalue weighted by Crippen LogP contribution is 2.22. The fraction of sp³-hybridized carbons (Fsp3) is 0.562.